The summed E-state index contributed by atoms with van der Waals surface area (Å²) in [6.45, 7) is 7.00. The van der Waals surface area contributed by atoms with Crippen LogP contribution in [-0.4, -0.2) is 13.1 Å². The fourth-order valence-corrected chi connectivity index (χ4v) is 1.97. The Morgan fingerprint density at radius 1 is 1.17 bits per heavy atom. The van der Waals surface area contributed by atoms with Crippen LogP contribution in [0, 0.1) is 11.8 Å². The van der Waals surface area contributed by atoms with E-state index in [4.69, 9.17) is 0 Å². The molecule has 1 aliphatic rings. The van der Waals surface area contributed by atoms with Crippen molar-refractivity contribution in [1.82, 2.24) is 5.32 Å². The average molecular weight is 169 g/mol. The van der Waals surface area contributed by atoms with Gasteiger partial charge in [-0.25, -0.2) is 0 Å². The summed E-state index contributed by atoms with van der Waals surface area (Å²) in [5.74, 6) is 1.78. The van der Waals surface area contributed by atoms with E-state index in [1.807, 2.05) is 0 Å². The van der Waals surface area contributed by atoms with Gasteiger partial charge in [-0.3, -0.25) is 0 Å². The molecule has 12 heavy (non-hydrogen) atoms. The molecule has 0 saturated heterocycles. The number of hydrogen-bond donors (Lipinski definition) is 1. The summed E-state index contributed by atoms with van der Waals surface area (Å²) >= 11 is 0. The maximum atomic E-state index is 3.55. The van der Waals surface area contributed by atoms with Gasteiger partial charge in [0.05, 0.1) is 0 Å². The van der Waals surface area contributed by atoms with E-state index in [-0.39, 0.29) is 0 Å². The van der Waals surface area contributed by atoms with Crippen molar-refractivity contribution in [3.05, 3.63) is 0 Å². The van der Waals surface area contributed by atoms with Gasteiger partial charge in [-0.05, 0) is 37.8 Å². The van der Waals surface area contributed by atoms with E-state index in [0.717, 1.165) is 11.8 Å². The molecule has 1 rings (SSSR count). The highest BCUT2D eigenvalue weighted by Gasteiger charge is 2.12. The molecule has 1 fully saturated rings. The second-order valence-electron chi connectivity index (χ2n) is 4.56. The van der Waals surface area contributed by atoms with Crippen LogP contribution in [0.15, 0.2) is 0 Å². The second-order valence-corrected chi connectivity index (χ2v) is 4.56. The van der Waals surface area contributed by atoms with Gasteiger partial charge >= 0.3 is 0 Å². The summed E-state index contributed by atoms with van der Waals surface area (Å²) in [5.41, 5.74) is 0. The minimum Gasteiger partial charge on any atom is -0.316 e. The third-order valence-corrected chi connectivity index (χ3v) is 2.71. The molecule has 1 aliphatic carbocycles. The van der Waals surface area contributed by atoms with Crippen molar-refractivity contribution in [2.75, 3.05) is 13.1 Å². The van der Waals surface area contributed by atoms with Gasteiger partial charge in [-0.2, -0.15) is 0 Å². The largest absolute Gasteiger partial charge is 0.316 e. The number of rotatable bonds is 4. The molecule has 1 nitrogen and oxygen atoms in total. The predicted molar refractivity (Wildman–Crippen MR) is 54.3 cm³/mol. The molecule has 0 aromatic rings. The van der Waals surface area contributed by atoms with Crippen molar-refractivity contribution in [2.45, 2.75) is 46.0 Å². The van der Waals surface area contributed by atoms with Crippen LogP contribution in [0.25, 0.3) is 0 Å². The lowest BCUT2D eigenvalue weighted by Gasteiger charge is -2.22. The lowest BCUT2D eigenvalue weighted by atomic mass is 9.89. The fourth-order valence-electron chi connectivity index (χ4n) is 1.97. The lowest BCUT2D eigenvalue weighted by molar-refractivity contribution is 0.337. The van der Waals surface area contributed by atoms with E-state index in [2.05, 4.69) is 19.2 Å². The summed E-state index contributed by atoms with van der Waals surface area (Å²) in [5, 5.41) is 3.55. The van der Waals surface area contributed by atoms with E-state index in [1.165, 1.54) is 45.2 Å². The Kier molecular flexibility index (Phi) is 4.67. The Balaban J connectivity index is 1.98. The van der Waals surface area contributed by atoms with Crippen LogP contribution < -0.4 is 5.32 Å². The van der Waals surface area contributed by atoms with Crippen LogP contribution in [-0.2, 0) is 0 Å². The van der Waals surface area contributed by atoms with Crippen molar-refractivity contribution in [3.63, 3.8) is 0 Å². The van der Waals surface area contributed by atoms with Crippen molar-refractivity contribution < 1.29 is 0 Å². The Hall–Kier alpha value is -0.0400. The van der Waals surface area contributed by atoms with E-state index >= 15 is 0 Å². The molecular formula is C11H23N. The van der Waals surface area contributed by atoms with Gasteiger partial charge < -0.3 is 5.32 Å². The van der Waals surface area contributed by atoms with Gasteiger partial charge in [0, 0.05) is 0 Å². The summed E-state index contributed by atoms with van der Waals surface area (Å²) in [7, 11) is 0. The van der Waals surface area contributed by atoms with Gasteiger partial charge in [0.1, 0.15) is 0 Å². The Bertz CT molecular complexity index is 104. The van der Waals surface area contributed by atoms with E-state index in [1.54, 1.807) is 0 Å². The highest BCUT2D eigenvalue weighted by Crippen LogP contribution is 2.22. The molecule has 0 aliphatic heterocycles. The molecule has 1 saturated carbocycles. The highest BCUT2D eigenvalue weighted by atomic mass is 14.9. The zero-order chi connectivity index (χ0) is 8.81. The standard InChI is InChI=1S/C11H23N/c1-10(2)8-12-9-11-6-4-3-5-7-11/h10-12H,3-9H2,1-2H3. The molecule has 1 N–H and O–H groups in total. The summed E-state index contributed by atoms with van der Waals surface area (Å²) in [4.78, 5) is 0. The first-order valence-corrected chi connectivity index (χ1v) is 5.49. The summed E-state index contributed by atoms with van der Waals surface area (Å²) < 4.78 is 0. The molecule has 0 aromatic heterocycles. The highest BCUT2D eigenvalue weighted by molar-refractivity contribution is 4.68. The van der Waals surface area contributed by atoms with E-state index < -0.39 is 0 Å². The maximum absolute atomic E-state index is 3.55. The van der Waals surface area contributed by atoms with Crippen molar-refractivity contribution in [3.8, 4) is 0 Å². The first-order valence-electron chi connectivity index (χ1n) is 5.49. The molecule has 0 spiro atoms. The molecule has 1 heteroatoms. The van der Waals surface area contributed by atoms with Crippen molar-refractivity contribution >= 4 is 0 Å². The van der Waals surface area contributed by atoms with Gasteiger partial charge in [0.25, 0.3) is 0 Å². The topological polar surface area (TPSA) is 12.0 Å². The van der Waals surface area contributed by atoms with Crippen molar-refractivity contribution in [2.24, 2.45) is 11.8 Å². The SMILES string of the molecule is CC(C)CNCC1CCCCC1. The van der Waals surface area contributed by atoms with E-state index in [0.29, 0.717) is 0 Å². The van der Waals surface area contributed by atoms with Crippen LogP contribution in [0.1, 0.15) is 46.0 Å². The van der Waals surface area contributed by atoms with Crippen LogP contribution in [0.3, 0.4) is 0 Å². The molecule has 0 unspecified atom stereocenters. The zero-order valence-corrected chi connectivity index (χ0v) is 8.60. The molecular weight excluding hydrogens is 146 g/mol. The molecule has 0 amide bonds. The normalized spacial score (nSPS) is 20.2. The number of hydrogen-bond acceptors (Lipinski definition) is 1. The molecule has 0 aromatic carbocycles. The molecule has 0 heterocycles. The van der Waals surface area contributed by atoms with Crippen LogP contribution in [0.4, 0.5) is 0 Å². The van der Waals surface area contributed by atoms with Gasteiger partial charge in [-0.1, -0.05) is 33.1 Å². The minimum absolute atomic E-state index is 0.800. The molecule has 0 radical (unpaired) electrons. The maximum Gasteiger partial charge on any atom is -0.00204 e. The molecule has 0 bridgehead atoms. The van der Waals surface area contributed by atoms with E-state index in [9.17, 15) is 0 Å². The van der Waals surface area contributed by atoms with Crippen LogP contribution in [0.5, 0.6) is 0 Å². The van der Waals surface area contributed by atoms with Crippen LogP contribution >= 0.6 is 0 Å². The monoisotopic (exact) mass is 169 g/mol. The summed E-state index contributed by atoms with van der Waals surface area (Å²) in [6.07, 6.45) is 7.33. The second kappa shape index (κ2) is 5.58. The van der Waals surface area contributed by atoms with Gasteiger partial charge in [0.2, 0.25) is 0 Å². The van der Waals surface area contributed by atoms with Gasteiger partial charge in [0.15, 0.2) is 0 Å². The third-order valence-electron chi connectivity index (χ3n) is 2.71. The minimum atomic E-state index is 0.800. The quantitative estimate of drug-likeness (QED) is 0.682. The average Bonchev–Trinajstić information content (AvgIpc) is 2.05. The smallest absolute Gasteiger partial charge is 0.00204 e. The Labute approximate surface area is 76.9 Å². The number of nitrogens with one attached hydrogen (secondary N) is 1. The molecule has 0 atom stereocenters. The third kappa shape index (κ3) is 4.10. The van der Waals surface area contributed by atoms with Gasteiger partial charge in [-0.15, -0.1) is 0 Å². The summed E-state index contributed by atoms with van der Waals surface area (Å²) in [6, 6.07) is 0. The van der Waals surface area contributed by atoms with Crippen molar-refractivity contribution in [1.29, 1.82) is 0 Å². The first kappa shape index (κ1) is 10.0. The zero-order valence-electron chi connectivity index (χ0n) is 8.60. The Morgan fingerprint density at radius 2 is 1.83 bits per heavy atom. The Morgan fingerprint density at radius 3 is 2.42 bits per heavy atom. The predicted octanol–water partition coefficient (Wildman–Crippen LogP) is 2.81. The molecule has 72 valence electrons. The first-order chi connectivity index (χ1) is 5.79. The van der Waals surface area contributed by atoms with Crippen LogP contribution in [0.2, 0.25) is 0 Å². The lowest BCUT2D eigenvalue weighted by Crippen LogP contribution is -2.27. The fraction of sp³-hybridized carbons (Fsp3) is 1.00.